The van der Waals surface area contributed by atoms with Crippen molar-refractivity contribution < 1.29 is 14.6 Å². The topological polar surface area (TPSA) is 64.7 Å². The van der Waals surface area contributed by atoms with E-state index in [9.17, 15) is 0 Å². The van der Waals surface area contributed by atoms with Gasteiger partial charge >= 0.3 is 0 Å². The van der Waals surface area contributed by atoms with Crippen LogP contribution in [-0.2, 0) is 9.47 Å². The first kappa shape index (κ1) is 16.3. The summed E-state index contributed by atoms with van der Waals surface area (Å²) in [4.78, 5) is 0. The minimum Gasteiger partial charge on any atom is -0.344 e. The van der Waals surface area contributed by atoms with Gasteiger partial charge in [-0.05, 0) is 34.6 Å². The van der Waals surface area contributed by atoms with E-state index in [-0.39, 0.29) is 5.54 Å². The van der Waals surface area contributed by atoms with E-state index in [4.69, 9.17) is 20.3 Å². The molecule has 4 nitrogen and oxygen atoms in total. The minimum absolute atomic E-state index is 0. The van der Waals surface area contributed by atoms with E-state index in [0.29, 0.717) is 13.2 Å². The summed E-state index contributed by atoms with van der Waals surface area (Å²) in [5.41, 5.74) is 5.35. The van der Waals surface area contributed by atoms with Gasteiger partial charge in [-0.1, -0.05) is 0 Å². The molecule has 0 spiro atoms. The third-order valence-electron chi connectivity index (χ3n) is 0.824. The molecule has 0 aliphatic rings. The highest BCUT2D eigenvalue weighted by molar-refractivity contribution is 4.60. The Bertz CT molecular complexity index is 116. The summed E-state index contributed by atoms with van der Waals surface area (Å²) in [6.45, 7) is 11.9. The van der Waals surface area contributed by atoms with E-state index in [1.54, 1.807) is 13.8 Å². The highest BCUT2D eigenvalue weighted by Gasteiger charge is 2.18. The van der Waals surface area contributed by atoms with Crippen molar-refractivity contribution in [1.82, 2.24) is 0 Å². The van der Waals surface area contributed by atoms with Crippen LogP contribution in [0, 0.1) is 0 Å². The third kappa shape index (κ3) is 22.6. The van der Waals surface area contributed by atoms with Crippen molar-refractivity contribution in [3.8, 4) is 0 Å². The predicted octanol–water partition coefficient (Wildman–Crippen LogP) is 1.47. The molecule has 0 saturated heterocycles. The van der Waals surface area contributed by atoms with Crippen LogP contribution in [0.5, 0.6) is 0 Å². The van der Waals surface area contributed by atoms with Crippen LogP contribution in [0.25, 0.3) is 0 Å². The standard InChI is InChI=1S/C6H14O3.C4H11N/c1-4-8-6(3,7)9-5-2;1-4(2,3)5/h7H,4-5H2,1-3H3;5H2,1-3H3. The molecule has 0 fully saturated rings. The Morgan fingerprint density at radius 2 is 1.21 bits per heavy atom. The van der Waals surface area contributed by atoms with Crippen molar-refractivity contribution in [2.24, 2.45) is 5.73 Å². The first-order valence-corrected chi connectivity index (χ1v) is 4.91. The third-order valence-corrected chi connectivity index (χ3v) is 0.824. The van der Waals surface area contributed by atoms with Gasteiger partial charge < -0.3 is 20.3 Å². The average Bonchev–Trinajstić information content (AvgIpc) is 1.81. The molecule has 0 bridgehead atoms. The number of ether oxygens (including phenoxy) is 2. The summed E-state index contributed by atoms with van der Waals surface area (Å²) < 4.78 is 9.61. The van der Waals surface area contributed by atoms with Crippen molar-refractivity contribution in [2.75, 3.05) is 13.2 Å². The van der Waals surface area contributed by atoms with Gasteiger partial charge in [0.05, 0.1) is 0 Å². The van der Waals surface area contributed by atoms with Crippen LogP contribution in [0.2, 0.25) is 0 Å². The highest BCUT2D eigenvalue weighted by atomic mass is 16.8. The molecule has 0 radical (unpaired) electrons. The molecule has 0 saturated carbocycles. The van der Waals surface area contributed by atoms with E-state index in [2.05, 4.69) is 0 Å². The van der Waals surface area contributed by atoms with Gasteiger partial charge in [0.1, 0.15) is 0 Å². The molecular formula is C10H25NO3. The lowest BCUT2D eigenvalue weighted by Crippen LogP contribution is -2.31. The van der Waals surface area contributed by atoms with Crippen LogP contribution in [0.1, 0.15) is 41.5 Å². The molecule has 0 aliphatic carbocycles. The lowest BCUT2D eigenvalue weighted by molar-refractivity contribution is -0.345. The second-order valence-electron chi connectivity index (χ2n) is 4.13. The second kappa shape index (κ2) is 7.17. The van der Waals surface area contributed by atoms with Gasteiger partial charge in [-0.2, -0.15) is 0 Å². The van der Waals surface area contributed by atoms with Crippen molar-refractivity contribution in [3.63, 3.8) is 0 Å². The van der Waals surface area contributed by atoms with Crippen molar-refractivity contribution >= 4 is 0 Å². The van der Waals surface area contributed by atoms with Gasteiger partial charge in [0.25, 0.3) is 5.97 Å². The first-order valence-electron chi connectivity index (χ1n) is 4.91. The van der Waals surface area contributed by atoms with E-state index >= 15 is 0 Å². The molecule has 0 aromatic carbocycles. The molecular weight excluding hydrogens is 182 g/mol. The molecule has 0 rings (SSSR count). The van der Waals surface area contributed by atoms with Crippen LogP contribution in [0.4, 0.5) is 0 Å². The second-order valence-corrected chi connectivity index (χ2v) is 4.13. The lowest BCUT2D eigenvalue weighted by atomic mass is 10.1. The number of hydrogen-bond donors (Lipinski definition) is 2. The quantitative estimate of drug-likeness (QED) is 0.685. The predicted molar refractivity (Wildman–Crippen MR) is 57.8 cm³/mol. The molecule has 0 amide bonds. The SMILES string of the molecule is CC(C)(C)N.CCOC(C)(O)OCC. The Kier molecular flexibility index (Phi) is 8.34. The van der Waals surface area contributed by atoms with Crippen LogP contribution in [0.15, 0.2) is 0 Å². The van der Waals surface area contributed by atoms with Crippen molar-refractivity contribution in [1.29, 1.82) is 0 Å². The molecule has 3 N–H and O–H groups in total. The number of aliphatic hydroxyl groups is 1. The van der Waals surface area contributed by atoms with Crippen LogP contribution in [-0.4, -0.2) is 29.8 Å². The van der Waals surface area contributed by atoms with Gasteiger partial charge in [0.2, 0.25) is 0 Å². The zero-order valence-corrected chi connectivity index (χ0v) is 10.3. The summed E-state index contributed by atoms with van der Waals surface area (Å²) in [5.74, 6) is -1.40. The number of hydrogen-bond acceptors (Lipinski definition) is 4. The van der Waals surface area contributed by atoms with Gasteiger partial charge in [-0.3, -0.25) is 0 Å². The van der Waals surface area contributed by atoms with Gasteiger partial charge in [0.15, 0.2) is 0 Å². The minimum atomic E-state index is -1.40. The summed E-state index contributed by atoms with van der Waals surface area (Å²) in [6.07, 6.45) is 0. The first-order chi connectivity index (χ1) is 6.12. The molecule has 88 valence electrons. The van der Waals surface area contributed by atoms with Gasteiger partial charge in [-0.15, -0.1) is 0 Å². The zero-order chi connectivity index (χ0) is 11.8. The molecule has 0 aromatic rings. The molecule has 0 atom stereocenters. The molecule has 0 aromatic heterocycles. The zero-order valence-electron chi connectivity index (χ0n) is 10.3. The van der Waals surface area contributed by atoms with Crippen molar-refractivity contribution in [3.05, 3.63) is 0 Å². The maximum absolute atomic E-state index is 9.07. The molecule has 0 heterocycles. The van der Waals surface area contributed by atoms with Crippen LogP contribution in [0.3, 0.4) is 0 Å². The Morgan fingerprint density at radius 3 is 1.36 bits per heavy atom. The lowest BCUT2D eigenvalue weighted by Gasteiger charge is -2.21. The Balaban J connectivity index is 0. The average molecular weight is 207 g/mol. The van der Waals surface area contributed by atoms with Crippen LogP contribution < -0.4 is 5.73 Å². The molecule has 0 aliphatic heterocycles. The maximum atomic E-state index is 9.07. The summed E-state index contributed by atoms with van der Waals surface area (Å²) in [6, 6.07) is 0. The summed E-state index contributed by atoms with van der Waals surface area (Å²) in [7, 11) is 0. The Labute approximate surface area is 87.4 Å². The summed E-state index contributed by atoms with van der Waals surface area (Å²) >= 11 is 0. The largest absolute Gasteiger partial charge is 0.344 e. The smallest absolute Gasteiger partial charge is 0.277 e. The van der Waals surface area contributed by atoms with E-state index in [0.717, 1.165) is 0 Å². The normalized spacial score (nSPS) is 12.0. The van der Waals surface area contributed by atoms with E-state index in [1.165, 1.54) is 6.92 Å². The maximum Gasteiger partial charge on any atom is 0.277 e. The molecule has 0 unspecified atom stereocenters. The number of nitrogens with two attached hydrogens (primary N) is 1. The van der Waals surface area contributed by atoms with Gasteiger partial charge in [0, 0.05) is 25.7 Å². The van der Waals surface area contributed by atoms with E-state index < -0.39 is 5.97 Å². The fraction of sp³-hybridized carbons (Fsp3) is 1.00. The monoisotopic (exact) mass is 207 g/mol. The summed E-state index contributed by atoms with van der Waals surface area (Å²) in [5, 5.41) is 9.07. The highest BCUT2D eigenvalue weighted by Crippen LogP contribution is 2.05. The fourth-order valence-corrected chi connectivity index (χ4v) is 0.577. The Hall–Kier alpha value is -0.160. The van der Waals surface area contributed by atoms with Crippen LogP contribution >= 0.6 is 0 Å². The van der Waals surface area contributed by atoms with Gasteiger partial charge in [-0.25, -0.2) is 0 Å². The number of rotatable bonds is 4. The Morgan fingerprint density at radius 1 is 1.00 bits per heavy atom. The fourth-order valence-electron chi connectivity index (χ4n) is 0.577. The van der Waals surface area contributed by atoms with Crippen molar-refractivity contribution in [2.45, 2.75) is 53.1 Å². The van der Waals surface area contributed by atoms with E-state index in [1.807, 2.05) is 20.8 Å². The molecule has 14 heavy (non-hydrogen) atoms. The molecule has 4 heteroatoms.